The second-order valence-electron chi connectivity index (χ2n) is 5.44. The molecule has 0 fully saturated rings. The molecule has 0 aliphatic carbocycles. The number of carbonyl (C=O) groups excluding carboxylic acids is 1. The molecule has 0 atom stereocenters. The molecule has 0 saturated heterocycles. The van der Waals surface area contributed by atoms with Crippen molar-refractivity contribution in [3.05, 3.63) is 65.1 Å². The molecular weight excluding hydrogens is 373 g/mol. The molecule has 3 rings (SSSR count). The van der Waals surface area contributed by atoms with Gasteiger partial charge in [-0.2, -0.15) is 5.10 Å². The van der Waals surface area contributed by atoms with E-state index in [-0.39, 0.29) is 17.5 Å². The number of pyridine rings is 1. The maximum Gasteiger partial charge on any atom is 0.277 e. The van der Waals surface area contributed by atoms with Gasteiger partial charge >= 0.3 is 0 Å². The summed E-state index contributed by atoms with van der Waals surface area (Å²) in [5, 5.41) is 4.89. The van der Waals surface area contributed by atoms with Crippen LogP contribution in [-0.4, -0.2) is 30.8 Å². The number of nitrogens with one attached hydrogen (secondary N) is 1. The van der Waals surface area contributed by atoms with E-state index in [0.29, 0.717) is 16.8 Å². The number of carbonyl (C=O) groups is 1. The number of halogens is 2. The van der Waals surface area contributed by atoms with E-state index in [1.54, 1.807) is 31.4 Å². The van der Waals surface area contributed by atoms with Crippen LogP contribution in [0.4, 0.5) is 4.39 Å². The van der Waals surface area contributed by atoms with Gasteiger partial charge in [0.15, 0.2) is 18.2 Å². The average molecular weight is 388 g/mol. The van der Waals surface area contributed by atoms with Crippen LogP contribution in [0.3, 0.4) is 0 Å². The number of nitrogens with zero attached hydrogens (tertiary/aromatic N) is 2. The lowest BCUT2D eigenvalue weighted by Gasteiger charge is -2.06. The lowest BCUT2D eigenvalue weighted by Crippen LogP contribution is -2.24. The maximum absolute atomic E-state index is 13.4. The topological polar surface area (TPSA) is 72.8 Å². The molecule has 8 heteroatoms. The van der Waals surface area contributed by atoms with E-state index in [1.165, 1.54) is 24.4 Å². The Kier molecular flexibility index (Phi) is 5.83. The molecule has 138 valence electrons. The number of hydrogen-bond acceptors (Lipinski definition) is 5. The lowest BCUT2D eigenvalue weighted by atomic mass is 10.1. The quantitative estimate of drug-likeness (QED) is 0.399. The number of fused-ring (bicyclic) bond motifs is 1. The Balaban J connectivity index is 1.64. The minimum absolute atomic E-state index is 0.00708. The highest BCUT2D eigenvalue weighted by Crippen LogP contribution is 2.23. The second-order valence-corrected chi connectivity index (χ2v) is 5.80. The minimum Gasteiger partial charge on any atom is -0.497 e. The van der Waals surface area contributed by atoms with Crippen LogP contribution in [-0.2, 0) is 4.79 Å². The van der Waals surface area contributed by atoms with Crippen LogP contribution in [0.5, 0.6) is 11.5 Å². The summed E-state index contributed by atoms with van der Waals surface area (Å²) in [4.78, 5) is 16.0. The lowest BCUT2D eigenvalue weighted by molar-refractivity contribution is -0.123. The summed E-state index contributed by atoms with van der Waals surface area (Å²) in [6, 6.07) is 13.0. The summed E-state index contributed by atoms with van der Waals surface area (Å²) in [5.74, 6) is -0.403. The maximum atomic E-state index is 13.4. The first-order valence-corrected chi connectivity index (χ1v) is 8.28. The largest absolute Gasteiger partial charge is 0.497 e. The van der Waals surface area contributed by atoms with Crippen LogP contribution < -0.4 is 14.9 Å². The van der Waals surface area contributed by atoms with Crippen LogP contribution in [0.15, 0.2) is 53.6 Å². The van der Waals surface area contributed by atoms with Gasteiger partial charge in [0, 0.05) is 10.9 Å². The Bertz CT molecular complexity index is 1010. The predicted octanol–water partition coefficient (Wildman–Crippen LogP) is 3.57. The standard InChI is InChI=1S/C19H15ClFN3O3/c1-26-14-6-7-16-12(9-14)8-13(19(20)23-16)10-22-24-18(25)11-27-17-5-3-2-4-15(17)21/h2-10H,11H2,1H3,(H,24,25)/b22-10-. The van der Waals surface area contributed by atoms with Gasteiger partial charge < -0.3 is 9.47 Å². The first kappa shape index (κ1) is 18.6. The minimum atomic E-state index is -0.543. The summed E-state index contributed by atoms with van der Waals surface area (Å²) >= 11 is 6.14. The third-order valence-electron chi connectivity index (χ3n) is 3.59. The Morgan fingerprint density at radius 2 is 2.11 bits per heavy atom. The molecule has 0 saturated carbocycles. The molecule has 0 radical (unpaired) electrons. The molecule has 6 nitrogen and oxygen atoms in total. The number of hydrogen-bond donors (Lipinski definition) is 1. The zero-order chi connectivity index (χ0) is 19.2. The van der Waals surface area contributed by atoms with Crippen molar-refractivity contribution in [2.75, 3.05) is 13.7 Å². The first-order valence-electron chi connectivity index (χ1n) is 7.90. The zero-order valence-electron chi connectivity index (χ0n) is 14.3. The van der Waals surface area contributed by atoms with Crippen LogP contribution in [0.1, 0.15) is 5.56 Å². The molecular formula is C19H15ClFN3O3. The Morgan fingerprint density at radius 1 is 1.30 bits per heavy atom. The van der Waals surface area contributed by atoms with Gasteiger partial charge in [-0.3, -0.25) is 4.79 Å². The number of amides is 1. The Hall–Kier alpha value is -3.19. The van der Waals surface area contributed by atoms with Crippen LogP contribution in [0.25, 0.3) is 10.9 Å². The van der Waals surface area contributed by atoms with Gasteiger partial charge in [-0.15, -0.1) is 0 Å². The Morgan fingerprint density at radius 3 is 2.89 bits per heavy atom. The molecule has 1 N–H and O–H groups in total. The fraction of sp³-hybridized carbons (Fsp3) is 0.105. The fourth-order valence-electron chi connectivity index (χ4n) is 2.28. The zero-order valence-corrected chi connectivity index (χ0v) is 15.0. The molecule has 0 bridgehead atoms. The Labute approximate surface area is 159 Å². The summed E-state index contributed by atoms with van der Waals surface area (Å²) in [6.45, 7) is -0.376. The molecule has 0 aliphatic heterocycles. The number of methoxy groups -OCH3 is 1. The van der Waals surface area contributed by atoms with Gasteiger partial charge in [0.25, 0.3) is 5.91 Å². The molecule has 0 unspecified atom stereocenters. The van der Waals surface area contributed by atoms with Gasteiger partial charge in [0.05, 0.1) is 18.8 Å². The molecule has 2 aromatic carbocycles. The fourth-order valence-corrected chi connectivity index (χ4v) is 2.47. The molecule has 27 heavy (non-hydrogen) atoms. The van der Waals surface area contributed by atoms with E-state index in [9.17, 15) is 9.18 Å². The highest BCUT2D eigenvalue weighted by atomic mass is 35.5. The highest BCUT2D eigenvalue weighted by molar-refractivity contribution is 6.32. The predicted molar refractivity (Wildman–Crippen MR) is 101 cm³/mol. The van der Waals surface area contributed by atoms with Crippen molar-refractivity contribution >= 4 is 34.6 Å². The second kappa shape index (κ2) is 8.46. The van der Waals surface area contributed by atoms with E-state index in [2.05, 4.69) is 15.5 Å². The van der Waals surface area contributed by atoms with E-state index in [0.717, 1.165) is 5.39 Å². The van der Waals surface area contributed by atoms with Crippen molar-refractivity contribution in [2.24, 2.45) is 5.10 Å². The third-order valence-corrected chi connectivity index (χ3v) is 3.89. The van der Waals surface area contributed by atoms with E-state index >= 15 is 0 Å². The molecule has 0 spiro atoms. The monoisotopic (exact) mass is 387 g/mol. The summed E-state index contributed by atoms with van der Waals surface area (Å²) in [7, 11) is 1.58. The summed E-state index contributed by atoms with van der Waals surface area (Å²) in [6.07, 6.45) is 1.37. The van der Waals surface area contributed by atoms with Crippen molar-refractivity contribution in [2.45, 2.75) is 0 Å². The summed E-state index contributed by atoms with van der Waals surface area (Å²) in [5.41, 5.74) is 3.52. The summed E-state index contributed by atoms with van der Waals surface area (Å²) < 4.78 is 23.7. The van der Waals surface area contributed by atoms with Crippen molar-refractivity contribution in [1.82, 2.24) is 10.4 Å². The molecule has 1 amide bonds. The number of rotatable bonds is 6. The molecule has 1 heterocycles. The number of benzene rings is 2. The molecule has 0 aliphatic rings. The first-order chi connectivity index (χ1) is 13.1. The smallest absolute Gasteiger partial charge is 0.277 e. The number of hydrazone groups is 1. The van der Waals surface area contributed by atoms with E-state index in [1.807, 2.05) is 6.07 Å². The van der Waals surface area contributed by atoms with Crippen molar-refractivity contribution < 1.29 is 18.7 Å². The van der Waals surface area contributed by atoms with Gasteiger partial charge in [0.2, 0.25) is 0 Å². The molecule has 1 aromatic heterocycles. The van der Waals surface area contributed by atoms with E-state index < -0.39 is 11.7 Å². The van der Waals surface area contributed by atoms with E-state index in [4.69, 9.17) is 21.1 Å². The molecule has 3 aromatic rings. The van der Waals surface area contributed by atoms with Crippen molar-refractivity contribution in [3.63, 3.8) is 0 Å². The SMILES string of the molecule is COc1ccc2nc(Cl)c(/C=N\NC(=O)COc3ccccc3F)cc2c1. The number of aromatic nitrogens is 1. The van der Waals surface area contributed by atoms with Crippen molar-refractivity contribution in [3.8, 4) is 11.5 Å². The van der Waals surface area contributed by atoms with Crippen molar-refractivity contribution in [1.29, 1.82) is 0 Å². The van der Waals surface area contributed by atoms with Gasteiger partial charge in [-0.05, 0) is 36.4 Å². The average Bonchev–Trinajstić information content (AvgIpc) is 2.67. The van der Waals surface area contributed by atoms with Gasteiger partial charge in [-0.1, -0.05) is 23.7 Å². The van der Waals surface area contributed by atoms with Crippen LogP contribution >= 0.6 is 11.6 Å². The van der Waals surface area contributed by atoms with Gasteiger partial charge in [-0.25, -0.2) is 14.8 Å². The highest BCUT2D eigenvalue weighted by Gasteiger charge is 2.07. The number of ether oxygens (including phenoxy) is 2. The van der Waals surface area contributed by atoms with Crippen LogP contribution in [0.2, 0.25) is 5.15 Å². The normalized spacial score (nSPS) is 10.9. The third kappa shape index (κ3) is 4.71. The van der Waals surface area contributed by atoms with Crippen LogP contribution in [0, 0.1) is 5.82 Å². The number of para-hydroxylation sites is 1. The van der Waals surface area contributed by atoms with Gasteiger partial charge in [0.1, 0.15) is 10.9 Å².